The maximum Gasteiger partial charge on any atom is 0.306 e. The van der Waals surface area contributed by atoms with Gasteiger partial charge in [-0.2, -0.15) is 0 Å². The lowest BCUT2D eigenvalue weighted by Gasteiger charge is -2.42. The summed E-state index contributed by atoms with van der Waals surface area (Å²) in [6, 6.07) is 0. The highest BCUT2D eigenvalue weighted by atomic mass is 16.7. The molecule has 2 rings (SSSR count). The Morgan fingerprint density at radius 2 is 1.02 bits per heavy atom. The Morgan fingerprint density at radius 3 is 1.59 bits per heavy atom. The van der Waals surface area contributed by atoms with Crippen molar-refractivity contribution in [2.24, 2.45) is 0 Å². The molecule has 14 nitrogen and oxygen atoms in total. The minimum absolute atomic E-state index is 0.0628. The minimum Gasteiger partial charge on any atom is -0.457 e. The van der Waals surface area contributed by atoms with E-state index in [0.717, 1.165) is 57.8 Å². The average molecular weight is 835 g/mol. The smallest absolute Gasteiger partial charge is 0.306 e. The van der Waals surface area contributed by atoms with E-state index in [9.17, 15) is 40.5 Å². The van der Waals surface area contributed by atoms with Gasteiger partial charge in [0, 0.05) is 13.0 Å². The number of carbonyl (C=O) groups is 1. The van der Waals surface area contributed by atoms with Gasteiger partial charge in [-0.25, -0.2) is 0 Å². The summed E-state index contributed by atoms with van der Waals surface area (Å²) in [7, 11) is 0. The SMILES string of the molecule is CCCCCC/C=C\CCCCCCCC(=O)OC(COCCCCCCCCCCCCC)COC1OC(COC2OC(CO)C(O)C(O)C2O)C(O)C(O)C1O. The second-order valence-electron chi connectivity index (χ2n) is 16.2. The van der Waals surface area contributed by atoms with Crippen LogP contribution in [0, 0.1) is 0 Å². The van der Waals surface area contributed by atoms with Crippen LogP contribution in [0.25, 0.3) is 0 Å². The number of unbranched alkanes of at least 4 members (excludes halogenated alkanes) is 19. The Bertz CT molecular complexity index is 1020. The highest BCUT2D eigenvalue weighted by Crippen LogP contribution is 2.26. The predicted octanol–water partition coefficient (Wildman–Crippen LogP) is 5.12. The van der Waals surface area contributed by atoms with Gasteiger partial charge in [-0.05, 0) is 38.5 Å². The van der Waals surface area contributed by atoms with Crippen LogP contribution in [0.2, 0.25) is 0 Å². The molecule has 2 saturated heterocycles. The molecule has 0 aromatic heterocycles. The van der Waals surface area contributed by atoms with Gasteiger partial charge < -0.3 is 64.2 Å². The lowest BCUT2D eigenvalue weighted by Crippen LogP contribution is -2.61. The summed E-state index contributed by atoms with van der Waals surface area (Å²) in [6.45, 7) is 3.65. The number of ether oxygens (including phenoxy) is 6. The van der Waals surface area contributed by atoms with E-state index in [4.69, 9.17) is 28.4 Å². The Kier molecular flexibility index (Phi) is 30.4. The van der Waals surface area contributed by atoms with E-state index in [-0.39, 0.29) is 25.6 Å². The first-order chi connectivity index (χ1) is 28.1. The average Bonchev–Trinajstić information content (AvgIpc) is 3.22. The third-order valence-corrected chi connectivity index (χ3v) is 11.0. The fourth-order valence-electron chi connectivity index (χ4n) is 7.22. The molecule has 0 aromatic carbocycles. The van der Waals surface area contributed by atoms with Crippen LogP contribution >= 0.6 is 0 Å². The van der Waals surface area contributed by atoms with E-state index in [0.29, 0.717) is 13.0 Å². The van der Waals surface area contributed by atoms with Gasteiger partial charge in [0.05, 0.1) is 26.4 Å². The van der Waals surface area contributed by atoms with Crippen molar-refractivity contribution in [1.82, 2.24) is 0 Å². The molecule has 0 radical (unpaired) electrons. The molecule has 2 heterocycles. The van der Waals surface area contributed by atoms with Crippen LogP contribution in [0.5, 0.6) is 0 Å². The zero-order valence-electron chi connectivity index (χ0n) is 35.8. The van der Waals surface area contributed by atoms with E-state index in [1.165, 1.54) is 77.0 Å². The Hall–Kier alpha value is -1.27. The van der Waals surface area contributed by atoms with Crippen LogP contribution in [0.15, 0.2) is 12.2 Å². The molecule has 2 aliphatic rings. The van der Waals surface area contributed by atoms with Crippen LogP contribution < -0.4 is 0 Å². The summed E-state index contributed by atoms with van der Waals surface area (Å²) in [5.74, 6) is -0.385. The standard InChI is InChI=1S/C44H82O14/c1-3-5-7-9-11-13-15-16-17-19-21-23-25-27-36(46)56-33(30-53-28-26-24-22-20-18-14-12-10-8-6-4-2)31-54-43-42(52)40(50)38(48)35(58-43)32-55-44-41(51)39(49)37(47)34(29-45)57-44/h13,15,33-35,37-45,47-52H,3-12,14,16-32H2,1-2H3/b15-13-. The van der Waals surface area contributed by atoms with Crippen molar-refractivity contribution in [3.8, 4) is 0 Å². The molecule has 0 saturated carbocycles. The molecule has 11 unspecified atom stereocenters. The Balaban J connectivity index is 1.82. The molecule has 7 N–H and O–H groups in total. The molecule has 2 aliphatic heterocycles. The predicted molar refractivity (Wildman–Crippen MR) is 220 cm³/mol. The van der Waals surface area contributed by atoms with Gasteiger partial charge in [0.1, 0.15) is 54.9 Å². The lowest BCUT2D eigenvalue weighted by molar-refractivity contribution is -0.332. The van der Waals surface area contributed by atoms with Gasteiger partial charge in [0.15, 0.2) is 12.6 Å². The van der Waals surface area contributed by atoms with E-state index < -0.39 is 80.7 Å². The molecular weight excluding hydrogens is 752 g/mol. The Labute approximate surface area is 348 Å². The number of hydrogen-bond donors (Lipinski definition) is 7. The summed E-state index contributed by atoms with van der Waals surface area (Å²) >= 11 is 0. The third-order valence-electron chi connectivity index (χ3n) is 11.0. The molecule has 0 aromatic rings. The van der Waals surface area contributed by atoms with E-state index in [1.54, 1.807) is 0 Å². The summed E-state index contributed by atoms with van der Waals surface area (Å²) in [5, 5.41) is 71.8. The summed E-state index contributed by atoms with van der Waals surface area (Å²) in [5.41, 5.74) is 0. The number of esters is 1. The molecule has 342 valence electrons. The molecule has 14 heteroatoms. The van der Waals surface area contributed by atoms with Crippen LogP contribution in [0.3, 0.4) is 0 Å². The van der Waals surface area contributed by atoms with Gasteiger partial charge in [-0.1, -0.05) is 129 Å². The topological polar surface area (TPSA) is 214 Å². The Morgan fingerprint density at radius 1 is 0.552 bits per heavy atom. The van der Waals surface area contributed by atoms with Gasteiger partial charge >= 0.3 is 5.97 Å². The van der Waals surface area contributed by atoms with Crippen molar-refractivity contribution in [2.45, 2.75) is 229 Å². The normalized spacial score (nSPS) is 28.3. The second kappa shape index (κ2) is 33.4. The number of aliphatic hydroxyl groups excluding tert-OH is 7. The van der Waals surface area contributed by atoms with Crippen LogP contribution in [0.1, 0.15) is 162 Å². The molecular formula is C44H82O14. The fraction of sp³-hybridized carbons (Fsp3) is 0.932. The second-order valence-corrected chi connectivity index (χ2v) is 16.2. The first kappa shape index (κ1) is 52.9. The fourth-order valence-corrected chi connectivity index (χ4v) is 7.22. The molecule has 2 fully saturated rings. The van der Waals surface area contributed by atoms with Gasteiger partial charge in [-0.3, -0.25) is 4.79 Å². The van der Waals surface area contributed by atoms with E-state index in [2.05, 4.69) is 26.0 Å². The minimum atomic E-state index is -1.70. The van der Waals surface area contributed by atoms with Crippen molar-refractivity contribution >= 4 is 5.97 Å². The van der Waals surface area contributed by atoms with Crippen LogP contribution in [-0.4, -0.2) is 142 Å². The number of allylic oxidation sites excluding steroid dienone is 2. The maximum atomic E-state index is 12.9. The molecule has 11 atom stereocenters. The molecule has 0 aliphatic carbocycles. The monoisotopic (exact) mass is 835 g/mol. The molecule has 0 bridgehead atoms. The molecule has 58 heavy (non-hydrogen) atoms. The molecule has 0 amide bonds. The van der Waals surface area contributed by atoms with Crippen molar-refractivity contribution in [3.05, 3.63) is 12.2 Å². The largest absolute Gasteiger partial charge is 0.457 e. The summed E-state index contributed by atoms with van der Waals surface area (Å²) in [4.78, 5) is 12.9. The highest BCUT2D eigenvalue weighted by Gasteiger charge is 2.47. The van der Waals surface area contributed by atoms with Gasteiger partial charge in [-0.15, -0.1) is 0 Å². The molecule has 0 spiro atoms. The van der Waals surface area contributed by atoms with E-state index in [1.807, 2.05) is 0 Å². The van der Waals surface area contributed by atoms with Gasteiger partial charge in [0.2, 0.25) is 0 Å². The summed E-state index contributed by atoms with van der Waals surface area (Å²) < 4.78 is 34.1. The highest BCUT2D eigenvalue weighted by molar-refractivity contribution is 5.69. The first-order valence-corrected chi connectivity index (χ1v) is 22.8. The lowest BCUT2D eigenvalue weighted by atomic mass is 9.98. The zero-order chi connectivity index (χ0) is 42.4. The third kappa shape index (κ3) is 22.0. The van der Waals surface area contributed by atoms with Crippen molar-refractivity contribution in [2.75, 3.05) is 33.0 Å². The van der Waals surface area contributed by atoms with E-state index >= 15 is 0 Å². The number of carbonyl (C=O) groups excluding carboxylic acids is 1. The van der Waals surface area contributed by atoms with Crippen molar-refractivity contribution in [1.29, 1.82) is 0 Å². The van der Waals surface area contributed by atoms with Crippen molar-refractivity contribution < 1.29 is 69.0 Å². The van der Waals surface area contributed by atoms with Gasteiger partial charge in [0.25, 0.3) is 0 Å². The summed E-state index contributed by atoms with van der Waals surface area (Å²) in [6.07, 6.45) is 14.2. The van der Waals surface area contributed by atoms with Crippen LogP contribution in [0.4, 0.5) is 0 Å². The zero-order valence-corrected chi connectivity index (χ0v) is 35.8. The number of hydrogen-bond acceptors (Lipinski definition) is 14. The van der Waals surface area contributed by atoms with Crippen LogP contribution in [-0.2, 0) is 33.2 Å². The quantitative estimate of drug-likeness (QED) is 0.0251. The number of rotatable bonds is 35. The first-order valence-electron chi connectivity index (χ1n) is 22.8. The maximum absolute atomic E-state index is 12.9. The van der Waals surface area contributed by atoms with Crippen molar-refractivity contribution in [3.63, 3.8) is 0 Å². The number of aliphatic hydroxyl groups is 7.